The van der Waals surface area contributed by atoms with E-state index in [1.807, 2.05) is 36.4 Å². The first-order valence-corrected chi connectivity index (χ1v) is 5.69. The zero-order chi connectivity index (χ0) is 11.0. The molecule has 16 heavy (non-hydrogen) atoms. The van der Waals surface area contributed by atoms with Crippen LogP contribution in [0.3, 0.4) is 0 Å². The first kappa shape index (κ1) is 9.54. The summed E-state index contributed by atoms with van der Waals surface area (Å²) in [5.74, 6) is 0. The first-order chi connectivity index (χ1) is 7.84. The predicted octanol–water partition coefficient (Wildman–Crippen LogP) is 3.39. The summed E-state index contributed by atoms with van der Waals surface area (Å²) in [5, 5.41) is 8.39. The summed E-state index contributed by atoms with van der Waals surface area (Å²) < 4.78 is 1.04. The monoisotopic (exact) mass is 273 g/mol. The van der Waals surface area contributed by atoms with Gasteiger partial charge in [-0.05, 0) is 30.3 Å². The lowest BCUT2D eigenvalue weighted by atomic mass is 10.1. The Labute approximate surface area is 101 Å². The summed E-state index contributed by atoms with van der Waals surface area (Å²) in [6, 6.07) is 11.9. The van der Waals surface area contributed by atoms with Crippen LogP contribution in [0.15, 0.2) is 47.1 Å². The minimum Gasteiger partial charge on any atom is -0.277 e. The molecule has 0 amide bonds. The van der Waals surface area contributed by atoms with Crippen LogP contribution in [0.25, 0.3) is 22.3 Å². The average molecular weight is 274 g/mol. The highest BCUT2D eigenvalue weighted by atomic mass is 79.9. The van der Waals surface area contributed by atoms with Crippen molar-refractivity contribution < 1.29 is 0 Å². The zero-order valence-electron chi connectivity index (χ0n) is 8.31. The van der Waals surface area contributed by atoms with Crippen LogP contribution in [0.1, 0.15) is 0 Å². The van der Waals surface area contributed by atoms with Crippen LogP contribution < -0.4 is 0 Å². The van der Waals surface area contributed by atoms with Gasteiger partial charge >= 0.3 is 0 Å². The van der Waals surface area contributed by atoms with Crippen LogP contribution in [-0.4, -0.2) is 15.2 Å². The van der Waals surface area contributed by atoms with Crippen LogP contribution in [0.2, 0.25) is 0 Å². The second-order valence-electron chi connectivity index (χ2n) is 3.48. The molecule has 3 aromatic rings. The minimum atomic E-state index is 0.885. The van der Waals surface area contributed by atoms with Gasteiger partial charge in [0.25, 0.3) is 0 Å². The van der Waals surface area contributed by atoms with Gasteiger partial charge in [-0.15, -0.1) is 0 Å². The van der Waals surface area contributed by atoms with Crippen molar-refractivity contribution >= 4 is 26.8 Å². The normalized spacial score (nSPS) is 10.8. The quantitative estimate of drug-likeness (QED) is 0.739. The number of aromatic nitrogens is 3. The van der Waals surface area contributed by atoms with Crippen molar-refractivity contribution in [3.8, 4) is 11.4 Å². The number of nitrogens with one attached hydrogen (secondary N) is 1. The molecule has 2 aromatic heterocycles. The molecule has 0 aliphatic rings. The molecule has 0 spiro atoms. The Morgan fingerprint density at radius 1 is 1.12 bits per heavy atom. The van der Waals surface area contributed by atoms with E-state index in [0.29, 0.717) is 0 Å². The fourth-order valence-corrected chi connectivity index (χ4v) is 2.05. The molecule has 3 rings (SSSR count). The van der Waals surface area contributed by atoms with E-state index in [1.165, 1.54) is 0 Å². The lowest BCUT2D eigenvalue weighted by molar-refractivity contribution is 1.11. The number of H-pyrrole nitrogens is 1. The van der Waals surface area contributed by atoms with Gasteiger partial charge in [0.2, 0.25) is 0 Å². The smallest absolute Gasteiger partial charge is 0.118 e. The highest BCUT2D eigenvalue weighted by Crippen LogP contribution is 2.26. The van der Waals surface area contributed by atoms with Gasteiger partial charge in [-0.1, -0.05) is 22.0 Å². The first-order valence-electron chi connectivity index (χ1n) is 4.89. The fraction of sp³-hybridized carbons (Fsp3) is 0. The van der Waals surface area contributed by atoms with Crippen molar-refractivity contribution in [3.63, 3.8) is 0 Å². The molecule has 0 aliphatic carbocycles. The van der Waals surface area contributed by atoms with Gasteiger partial charge in [-0.25, -0.2) is 0 Å². The summed E-state index contributed by atoms with van der Waals surface area (Å²) in [7, 11) is 0. The van der Waals surface area contributed by atoms with E-state index >= 15 is 0 Å². The molecule has 3 nitrogen and oxygen atoms in total. The standard InChI is InChI=1S/C12H8BrN3/c13-8-4-5-9-11(7-8)15-16-12(9)10-3-1-2-6-14-10/h1-7H,(H,15,16). The number of fused-ring (bicyclic) bond motifs is 1. The molecular weight excluding hydrogens is 266 g/mol. The molecule has 0 fully saturated rings. The third-order valence-corrected chi connectivity index (χ3v) is 2.93. The van der Waals surface area contributed by atoms with Crippen molar-refractivity contribution in [3.05, 3.63) is 47.1 Å². The van der Waals surface area contributed by atoms with Crippen molar-refractivity contribution in [1.29, 1.82) is 0 Å². The molecule has 4 heteroatoms. The lowest BCUT2D eigenvalue weighted by Gasteiger charge is -1.96. The molecule has 1 N–H and O–H groups in total. The van der Waals surface area contributed by atoms with Crippen LogP contribution in [-0.2, 0) is 0 Å². The average Bonchev–Trinajstić information content (AvgIpc) is 2.73. The molecule has 0 saturated heterocycles. The molecule has 0 atom stereocenters. The number of benzene rings is 1. The molecular formula is C12H8BrN3. The van der Waals surface area contributed by atoms with Gasteiger partial charge in [0.05, 0.1) is 11.2 Å². The summed E-state index contributed by atoms with van der Waals surface area (Å²) >= 11 is 3.43. The highest BCUT2D eigenvalue weighted by molar-refractivity contribution is 9.10. The third-order valence-electron chi connectivity index (χ3n) is 2.43. The maximum Gasteiger partial charge on any atom is 0.118 e. The number of pyridine rings is 1. The Hall–Kier alpha value is -1.68. The van der Waals surface area contributed by atoms with Crippen LogP contribution in [0, 0.1) is 0 Å². The van der Waals surface area contributed by atoms with Gasteiger partial charge in [-0.2, -0.15) is 5.10 Å². The van der Waals surface area contributed by atoms with E-state index in [2.05, 4.69) is 31.1 Å². The summed E-state index contributed by atoms with van der Waals surface area (Å²) in [6.07, 6.45) is 1.77. The summed E-state index contributed by atoms with van der Waals surface area (Å²) in [4.78, 5) is 4.30. The summed E-state index contributed by atoms with van der Waals surface area (Å²) in [6.45, 7) is 0. The van der Waals surface area contributed by atoms with Crippen molar-refractivity contribution in [2.75, 3.05) is 0 Å². The largest absolute Gasteiger partial charge is 0.277 e. The molecule has 2 heterocycles. The van der Waals surface area contributed by atoms with Gasteiger partial charge in [-0.3, -0.25) is 10.1 Å². The maximum atomic E-state index is 4.30. The Morgan fingerprint density at radius 2 is 2.06 bits per heavy atom. The van der Waals surface area contributed by atoms with E-state index in [9.17, 15) is 0 Å². The second kappa shape index (κ2) is 3.72. The lowest BCUT2D eigenvalue weighted by Crippen LogP contribution is -1.82. The van der Waals surface area contributed by atoms with E-state index in [4.69, 9.17) is 0 Å². The van der Waals surface area contributed by atoms with Crippen molar-refractivity contribution in [2.45, 2.75) is 0 Å². The molecule has 0 aliphatic heterocycles. The Morgan fingerprint density at radius 3 is 2.88 bits per heavy atom. The topological polar surface area (TPSA) is 41.6 Å². The molecule has 0 bridgehead atoms. The van der Waals surface area contributed by atoms with E-state index < -0.39 is 0 Å². The Bertz CT molecular complexity index is 631. The Kier molecular flexibility index (Phi) is 2.22. The number of hydrogen-bond donors (Lipinski definition) is 1. The maximum absolute atomic E-state index is 4.30. The number of hydrogen-bond acceptors (Lipinski definition) is 2. The van der Waals surface area contributed by atoms with Gasteiger partial charge in [0, 0.05) is 16.1 Å². The number of halogens is 1. The van der Waals surface area contributed by atoms with Crippen molar-refractivity contribution in [2.24, 2.45) is 0 Å². The van der Waals surface area contributed by atoms with E-state index in [0.717, 1.165) is 26.8 Å². The SMILES string of the molecule is Brc1ccc2c(-c3ccccn3)n[nH]c2c1. The van der Waals surface area contributed by atoms with Crippen LogP contribution in [0.4, 0.5) is 0 Å². The molecule has 78 valence electrons. The molecule has 0 saturated carbocycles. The van der Waals surface area contributed by atoms with Crippen molar-refractivity contribution in [1.82, 2.24) is 15.2 Å². The van der Waals surface area contributed by atoms with Gasteiger partial charge in [0.1, 0.15) is 5.69 Å². The van der Waals surface area contributed by atoms with E-state index in [-0.39, 0.29) is 0 Å². The third kappa shape index (κ3) is 1.51. The zero-order valence-corrected chi connectivity index (χ0v) is 9.90. The molecule has 0 radical (unpaired) electrons. The molecule has 1 aromatic carbocycles. The number of rotatable bonds is 1. The summed E-state index contributed by atoms with van der Waals surface area (Å²) in [5.41, 5.74) is 2.79. The number of aromatic amines is 1. The van der Waals surface area contributed by atoms with Crippen LogP contribution in [0.5, 0.6) is 0 Å². The molecule has 0 unspecified atom stereocenters. The fourth-order valence-electron chi connectivity index (χ4n) is 1.69. The number of nitrogens with zero attached hydrogens (tertiary/aromatic N) is 2. The van der Waals surface area contributed by atoms with Crippen LogP contribution >= 0.6 is 15.9 Å². The second-order valence-corrected chi connectivity index (χ2v) is 4.39. The van der Waals surface area contributed by atoms with Gasteiger partial charge in [0.15, 0.2) is 0 Å². The predicted molar refractivity (Wildman–Crippen MR) is 67.0 cm³/mol. The Balaban J connectivity index is 2.26. The minimum absolute atomic E-state index is 0.885. The highest BCUT2D eigenvalue weighted by Gasteiger charge is 2.08. The van der Waals surface area contributed by atoms with E-state index in [1.54, 1.807) is 6.20 Å². The van der Waals surface area contributed by atoms with Gasteiger partial charge < -0.3 is 0 Å².